The van der Waals surface area contributed by atoms with Crippen molar-refractivity contribution in [1.82, 2.24) is 4.98 Å². The molecule has 7 atom stereocenters. The van der Waals surface area contributed by atoms with Gasteiger partial charge in [-0.15, -0.1) is 11.8 Å². The lowest BCUT2D eigenvalue weighted by atomic mass is 9.68. The number of rotatable bonds is 10. The van der Waals surface area contributed by atoms with Crippen LogP contribution in [0, 0.1) is 29.6 Å². The van der Waals surface area contributed by atoms with Crippen LogP contribution >= 0.6 is 39.0 Å². The van der Waals surface area contributed by atoms with Crippen LogP contribution in [0.3, 0.4) is 0 Å². The summed E-state index contributed by atoms with van der Waals surface area (Å²) in [7, 11) is 0. The number of aromatic amines is 1. The van der Waals surface area contributed by atoms with Gasteiger partial charge in [-0.05, 0) is 104 Å². The Bertz CT molecular complexity index is 2130. The molecule has 4 aromatic rings. The fourth-order valence-corrected chi connectivity index (χ4v) is 11.7. The number of thioether (sulfide) groups is 1. The van der Waals surface area contributed by atoms with Crippen molar-refractivity contribution < 1.29 is 33.4 Å². The van der Waals surface area contributed by atoms with Crippen molar-refractivity contribution in [3.8, 4) is 11.5 Å². The number of fused-ring (bicyclic) bond motifs is 9. The zero-order valence-electron chi connectivity index (χ0n) is 28.1. The zero-order chi connectivity index (χ0) is 36.3. The van der Waals surface area contributed by atoms with Crippen LogP contribution in [0.2, 0.25) is 0 Å². The van der Waals surface area contributed by atoms with Gasteiger partial charge in [-0.3, -0.25) is 24.1 Å². The van der Waals surface area contributed by atoms with Crippen LogP contribution in [0.1, 0.15) is 47.0 Å². The van der Waals surface area contributed by atoms with Crippen molar-refractivity contribution in [3.05, 3.63) is 96.9 Å². The highest BCUT2D eigenvalue weighted by Gasteiger charge is 2.69. The summed E-state index contributed by atoms with van der Waals surface area (Å²) >= 11 is 6.27. The number of imide groups is 1. The third kappa shape index (κ3) is 5.94. The Kier molecular flexibility index (Phi) is 9.24. The van der Waals surface area contributed by atoms with E-state index in [1.54, 1.807) is 61.2 Å². The predicted octanol–water partition coefficient (Wildman–Crippen LogP) is 6.47. The third-order valence-corrected chi connectivity index (χ3v) is 13.6. The molecule has 3 amide bonds. The van der Waals surface area contributed by atoms with E-state index in [2.05, 4.69) is 26.2 Å². The van der Waals surface area contributed by atoms with Gasteiger partial charge < -0.3 is 24.5 Å². The smallest absolute Gasteiger partial charge is 0.338 e. The molecule has 52 heavy (non-hydrogen) atoms. The fourth-order valence-electron chi connectivity index (χ4n) is 8.58. The number of anilines is 2. The van der Waals surface area contributed by atoms with Gasteiger partial charge in [0.15, 0.2) is 18.1 Å². The van der Waals surface area contributed by atoms with Crippen LogP contribution < -0.4 is 24.6 Å². The lowest BCUT2D eigenvalue weighted by Crippen LogP contribution is -2.42. The molecule has 3 aromatic carbocycles. The Morgan fingerprint density at radius 2 is 1.63 bits per heavy atom. The number of esters is 1. The number of H-pyrrole nitrogens is 1. The highest BCUT2D eigenvalue weighted by Crippen LogP contribution is 2.68. The molecule has 2 N–H and O–H groups in total. The number of amides is 3. The number of hydrogen-bond acceptors (Lipinski definition) is 10. The van der Waals surface area contributed by atoms with E-state index in [1.807, 2.05) is 31.2 Å². The monoisotopic (exact) mass is 803 g/mol. The number of halogens is 1. The molecule has 14 heteroatoms. The molecular weight excluding hydrogens is 770 g/mol. The minimum Gasteiger partial charge on any atom is -0.490 e. The van der Waals surface area contributed by atoms with Gasteiger partial charge in [0.05, 0.1) is 41.3 Å². The highest BCUT2D eigenvalue weighted by atomic mass is 79.9. The first-order chi connectivity index (χ1) is 25.2. The summed E-state index contributed by atoms with van der Waals surface area (Å²) in [5.41, 5.74) is 2.39. The number of nitrogens with zero attached hydrogens (tertiary/aromatic N) is 1. The van der Waals surface area contributed by atoms with Crippen molar-refractivity contribution in [3.63, 3.8) is 0 Å². The summed E-state index contributed by atoms with van der Waals surface area (Å²) in [6.45, 7) is 3.93. The molecule has 1 saturated heterocycles. The first kappa shape index (κ1) is 34.7. The number of benzene rings is 3. The second kappa shape index (κ2) is 13.9. The predicted molar refractivity (Wildman–Crippen MR) is 199 cm³/mol. The van der Waals surface area contributed by atoms with E-state index < -0.39 is 17.8 Å². The summed E-state index contributed by atoms with van der Waals surface area (Å²) in [5, 5.41) is 3.63. The summed E-state index contributed by atoms with van der Waals surface area (Å²) in [6.07, 6.45) is 0.777. The maximum absolute atomic E-state index is 14.1. The number of aromatic nitrogens is 1. The molecule has 268 valence electrons. The van der Waals surface area contributed by atoms with Crippen molar-refractivity contribution in [2.45, 2.75) is 36.5 Å². The lowest BCUT2D eigenvalue weighted by molar-refractivity contribution is -0.123. The van der Waals surface area contributed by atoms with Crippen LogP contribution in [-0.2, 0) is 19.1 Å². The number of carbonyl (C=O) groups excluding carboxylic acids is 4. The average molecular weight is 805 g/mol. The molecule has 1 aromatic heterocycles. The molecule has 3 fully saturated rings. The molecule has 0 spiro atoms. The van der Waals surface area contributed by atoms with E-state index in [0.29, 0.717) is 35.0 Å². The maximum Gasteiger partial charge on any atom is 0.338 e. The average Bonchev–Trinajstić information content (AvgIpc) is 3.87. The van der Waals surface area contributed by atoms with Gasteiger partial charge in [0, 0.05) is 26.2 Å². The number of ether oxygens (including phenoxy) is 3. The van der Waals surface area contributed by atoms with E-state index in [9.17, 15) is 24.0 Å². The quantitative estimate of drug-likeness (QED) is 0.136. The van der Waals surface area contributed by atoms with Gasteiger partial charge in [-0.25, -0.2) is 4.79 Å². The molecule has 2 aliphatic carbocycles. The topological polar surface area (TPSA) is 144 Å². The highest BCUT2D eigenvalue weighted by molar-refractivity contribution is 9.10. The molecule has 0 radical (unpaired) electrons. The molecule has 2 saturated carbocycles. The van der Waals surface area contributed by atoms with Gasteiger partial charge in [-0.1, -0.05) is 33.3 Å². The van der Waals surface area contributed by atoms with Gasteiger partial charge in [0.2, 0.25) is 11.8 Å². The summed E-state index contributed by atoms with van der Waals surface area (Å²) in [6, 6.07) is 19.3. The van der Waals surface area contributed by atoms with E-state index in [4.69, 9.17) is 14.2 Å². The Morgan fingerprint density at radius 1 is 0.904 bits per heavy atom. The Morgan fingerprint density at radius 3 is 2.35 bits per heavy atom. The minimum atomic E-state index is -0.435. The van der Waals surface area contributed by atoms with Crippen LogP contribution in [0.5, 0.6) is 11.5 Å². The summed E-state index contributed by atoms with van der Waals surface area (Å²) < 4.78 is 17.9. The van der Waals surface area contributed by atoms with Crippen LogP contribution in [-0.4, -0.2) is 53.7 Å². The Labute approximate surface area is 315 Å². The lowest BCUT2D eigenvalue weighted by Gasteiger charge is -2.43. The second-order valence-electron chi connectivity index (χ2n) is 13.2. The van der Waals surface area contributed by atoms with Gasteiger partial charge in [-0.2, -0.15) is 0 Å². The van der Waals surface area contributed by atoms with Crippen molar-refractivity contribution >= 4 is 74.1 Å². The Balaban J connectivity index is 1.05. The summed E-state index contributed by atoms with van der Waals surface area (Å²) in [5.74, 6) is -1.32. The zero-order valence-corrected chi connectivity index (χ0v) is 31.3. The van der Waals surface area contributed by atoms with E-state index in [0.717, 1.165) is 26.4 Å². The molecule has 2 aliphatic heterocycles. The molecule has 0 unspecified atom stereocenters. The molecule has 11 nitrogen and oxygen atoms in total. The third-order valence-electron chi connectivity index (χ3n) is 10.5. The van der Waals surface area contributed by atoms with Crippen molar-refractivity contribution in [2.24, 2.45) is 29.6 Å². The van der Waals surface area contributed by atoms with E-state index in [-0.39, 0.29) is 64.7 Å². The molecule has 8 rings (SSSR count). The molecule has 2 bridgehead atoms. The molecular formula is C38H34BrN3O8S2. The molecule has 3 heterocycles. The standard InChI is InChI=1S/C38H34BrN3O8S2/c1-3-48-26-15-19(7-14-25(26)50-17-27(43)40-21-10-5-18(6-11-21)37(46)49-4-2)28-29-23-16-24(32(29)51-34-33(28)52-38(47)41-34)31-30(23)35(44)42(36(31)45)22-12-8-20(39)9-13-22/h5-15,23-24,28-32H,3-4,16-17H2,1-2H3,(H,40,43)(H,41,47)/t23-,24-,28+,29-,30+,31+,32-/m1/s1. The maximum atomic E-state index is 14.1. The normalized spacial score (nSPS) is 25.4. The largest absolute Gasteiger partial charge is 0.490 e. The minimum absolute atomic E-state index is 0.00482. The number of carbonyl (C=O) groups is 4. The number of hydrogen-bond donors (Lipinski definition) is 2. The first-order valence-electron chi connectivity index (χ1n) is 17.2. The van der Waals surface area contributed by atoms with E-state index in [1.165, 1.54) is 16.2 Å². The van der Waals surface area contributed by atoms with E-state index >= 15 is 0 Å². The van der Waals surface area contributed by atoms with Gasteiger partial charge >= 0.3 is 10.8 Å². The molecule has 4 aliphatic rings. The number of nitrogens with one attached hydrogen (secondary N) is 2. The van der Waals surface area contributed by atoms with Gasteiger partial charge in [0.25, 0.3) is 5.91 Å². The fraction of sp³-hybridized carbons (Fsp3) is 0.342. The first-order valence-corrected chi connectivity index (χ1v) is 19.6. The van der Waals surface area contributed by atoms with Crippen LogP contribution in [0.25, 0.3) is 0 Å². The van der Waals surface area contributed by atoms with Crippen molar-refractivity contribution in [1.29, 1.82) is 0 Å². The van der Waals surface area contributed by atoms with Crippen LogP contribution in [0.15, 0.2) is 81.0 Å². The van der Waals surface area contributed by atoms with Gasteiger partial charge in [0.1, 0.15) is 0 Å². The number of thiazole rings is 1. The second-order valence-corrected chi connectivity index (χ2v) is 16.3. The summed E-state index contributed by atoms with van der Waals surface area (Å²) in [4.78, 5) is 70.8. The SMILES string of the molecule is CCOC(=O)c1ccc(NC(=O)COc2ccc([C@@H]3c4sc(=O)[nH]c4S[C@@H]4[C@@H]5C[C@@H]([C@@H]6C(=O)N(c7ccc(Br)cc7)C(=O)[C@@H]56)[C@H]34)cc2OCC)cc1. The van der Waals surface area contributed by atoms with Crippen LogP contribution in [0.4, 0.5) is 11.4 Å². The van der Waals surface area contributed by atoms with Crippen molar-refractivity contribution in [2.75, 3.05) is 30.0 Å². The Hall–Kier alpha value is -4.40.